The van der Waals surface area contributed by atoms with Crippen molar-refractivity contribution in [3.63, 3.8) is 0 Å². The summed E-state index contributed by atoms with van der Waals surface area (Å²) in [4.78, 5) is 21.4. The Kier molecular flexibility index (Phi) is 3.86. The first kappa shape index (κ1) is 16.5. The van der Waals surface area contributed by atoms with Crippen molar-refractivity contribution in [2.45, 2.75) is 33.7 Å². The summed E-state index contributed by atoms with van der Waals surface area (Å²) in [6, 6.07) is 2.53. The maximum atomic E-state index is 13.1. The lowest BCUT2D eigenvalue weighted by Gasteiger charge is -2.38. The number of aryl methyl sites for hydroxylation is 3. The highest BCUT2D eigenvalue weighted by Crippen LogP contribution is 2.21. The van der Waals surface area contributed by atoms with Crippen molar-refractivity contribution in [3.05, 3.63) is 35.1 Å². The standard InChI is InChI=1S/C17H21N7O2/c1-10-7-11(2)24-15(19-10)14(8-18-24)16(25)22-5-6-23(12(3)9-22)17-21-20-13(4)26-17/h7-8,12H,5-6,9H2,1-4H3. The molecule has 0 aromatic carbocycles. The zero-order valence-corrected chi connectivity index (χ0v) is 15.3. The molecule has 1 unspecified atom stereocenters. The van der Waals surface area contributed by atoms with Crippen molar-refractivity contribution >= 4 is 17.6 Å². The van der Waals surface area contributed by atoms with Gasteiger partial charge in [-0.2, -0.15) is 5.10 Å². The second-order valence-corrected chi connectivity index (χ2v) is 6.73. The lowest BCUT2D eigenvalue weighted by atomic mass is 10.1. The third-order valence-electron chi connectivity index (χ3n) is 4.68. The fourth-order valence-electron chi connectivity index (χ4n) is 3.42. The Morgan fingerprint density at radius 3 is 2.73 bits per heavy atom. The van der Waals surface area contributed by atoms with Gasteiger partial charge in [0.1, 0.15) is 5.56 Å². The highest BCUT2D eigenvalue weighted by molar-refractivity contribution is 5.99. The van der Waals surface area contributed by atoms with Crippen LogP contribution in [-0.4, -0.2) is 61.3 Å². The molecule has 0 radical (unpaired) electrons. The van der Waals surface area contributed by atoms with E-state index >= 15 is 0 Å². The van der Waals surface area contributed by atoms with Crippen molar-refractivity contribution < 1.29 is 9.21 Å². The van der Waals surface area contributed by atoms with Crippen molar-refractivity contribution in [3.8, 4) is 0 Å². The van der Waals surface area contributed by atoms with E-state index in [9.17, 15) is 4.79 Å². The van der Waals surface area contributed by atoms with Gasteiger partial charge in [0, 0.05) is 44.0 Å². The van der Waals surface area contributed by atoms with Gasteiger partial charge in [0.15, 0.2) is 5.65 Å². The van der Waals surface area contributed by atoms with Crippen LogP contribution in [0.3, 0.4) is 0 Å². The largest absolute Gasteiger partial charge is 0.408 e. The van der Waals surface area contributed by atoms with Crippen LogP contribution in [0.5, 0.6) is 0 Å². The Balaban J connectivity index is 1.57. The minimum Gasteiger partial charge on any atom is -0.408 e. The van der Waals surface area contributed by atoms with Crippen LogP contribution in [0, 0.1) is 20.8 Å². The number of carbonyl (C=O) groups excluding carboxylic acids is 1. The smallest absolute Gasteiger partial charge is 0.318 e. The van der Waals surface area contributed by atoms with Crippen LogP contribution in [-0.2, 0) is 0 Å². The molecular weight excluding hydrogens is 334 g/mol. The molecule has 4 rings (SSSR count). The van der Waals surface area contributed by atoms with Crippen LogP contribution in [0.4, 0.5) is 6.01 Å². The number of fused-ring (bicyclic) bond motifs is 1. The third-order valence-corrected chi connectivity index (χ3v) is 4.68. The average molecular weight is 355 g/mol. The van der Waals surface area contributed by atoms with E-state index in [0.717, 1.165) is 11.4 Å². The summed E-state index contributed by atoms with van der Waals surface area (Å²) >= 11 is 0. The molecule has 0 N–H and O–H groups in total. The van der Waals surface area contributed by atoms with E-state index in [1.165, 1.54) is 0 Å². The summed E-state index contributed by atoms with van der Waals surface area (Å²) in [7, 11) is 0. The number of rotatable bonds is 2. The minimum absolute atomic E-state index is 0.0503. The fourth-order valence-corrected chi connectivity index (χ4v) is 3.42. The van der Waals surface area contributed by atoms with Gasteiger partial charge in [-0.25, -0.2) is 9.50 Å². The second-order valence-electron chi connectivity index (χ2n) is 6.73. The molecule has 9 nitrogen and oxygen atoms in total. The molecular formula is C17H21N7O2. The molecule has 0 aliphatic carbocycles. The van der Waals surface area contributed by atoms with Crippen LogP contribution in [0.15, 0.2) is 16.7 Å². The summed E-state index contributed by atoms with van der Waals surface area (Å²) in [6.45, 7) is 9.47. The van der Waals surface area contributed by atoms with Crippen molar-refractivity contribution in [1.82, 2.24) is 29.7 Å². The zero-order valence-electron chi connectivity index (χ0n) is 15.3. The molecule has 0 saturated carbocycles. The zero-order chi connectivity index (χ0) is 18.4. The van der Waals surface area contributed by atoms with E-state index in [4.69, 9.17) is 4.42 Å². The lowest BCUT2D eigenvalue weighted by molar-refractivity contribution is 0.0725. The number of piperazine rings is 1. The van der Waals surface area contributed by atoms with Gasteiger partial charge < -0.3 is 14.2 Å². The molecule has 0 bridgehead atoms. The van der Waals surface area contributed by atoms with Gasteiger partial charge in [-0.15, -0.1) is 5.10 Å². The molecule has 26 heavy (non-hydrogen) atoms. The van der Waals surface area contributed by atoms with Gasteiger partial charge >= 0.3 is 6.01 Å². The third kappa shape index (κ3) is 2.69. The van der Waals surface area contributed by atoms with E-state index < -0.39 is 0 Å². The Morgan fingerprint density at radius 1 is 1.23 bits per heavy atom. The fraction of sp³-hybridized carbons (Fsp3) is 0.471. The summed E-state index contributed by atoms with van der Waals surface area (Å²) < 4.78 is 7.23. The van der Waals surface area contributed by atoms with E-state index in [0.29, 0.717) is 42.8 Å². The molecule has 3 aromatic rings. The molecule has 1 atom stereocenters. The van der Waals surface area contributed by atoms with Crippen LogP contribution in [0.1, 0.15) is 34.6 Å². The van der Waals surface area contributed by atoms with Crippen molar-refractivity contribution in [2.24, 2.45) is 0 Å². The lowest BCUT2D eigenvalue weighted by Crippen LogP contribution is -2.54. The van der Waals surface area contributed by atoms with E-state index in [1.54, 1.807) is 17.6 Å². The topological polar surface area (TPSA) is 92.7 Å². The molecule has 1 amide bonds. The summed E-state index contributed by atoms with van der Waals surface area (Å²) in [6.07, 6.45) is 1.61. The Bertz CT molecular complexity index is 977. The Labute approximate surface area is 150 Å². The van der Waals surface area contributed by atoms with Gasteiger partial charge in [-0.05, 0) is 26.8 Å². The number of nitrogens with zero attached hydrogens (tertiary/aromatic N) is 7. The van der Waals surface area contributed by atoms with Gasteiger partial charge in [-0.3, -0.25) is 4.79 Å². The predicted octanol–water partition coefficient (Wildman–Crippen LogP) is 1.39. The van der Waals surface area contributed by atoms with Crippen LogP contribution < -0.4 is 4.90 Å². The summed E-state index contributed by atoms with van der Waals surface area (Å²) in [5.74, 6) is 0.486. The number of carbonyl (C=O) groups is 1. The SMILES string of the molecule is Cc1cc(C)n2ncc(C(=O)N3CCN(c4nnc(C)o4)C(C)C3)c2n1. The number of amides is 1. The molecule has 1 aliphatic heterocycles. The number of anilines is 1. The maximum absolute atomic E-state index is 13.1. The van der Waals surface area contributed by atoms with Crippen molar-refractivity contribution in [1.29, 1.82) is 0 Å². The van der Waals surface area contributed by atoms with E-state index in [2.05, 4.69) is 20.3 Å². The van der Waals surface area contributed by atoms with Gasteiger partial charge in [0.2, 0.25) is 5.89 Å². The van der Waals surface area contributed by atoms with Crippen molar-refractivity contribution in [2.75, 3.05) is 24.5 Å². The quantitative estimate of drug-likeness (QED) is 0.686. The number of hydrogen-bond acceptors (Lipinski definition) is 7. The number of aromatic nitrogens is 5. The van der Waals surface area contributed by atoms with Crippen LogP contribution >= 0.6 is 0 Å². The molecule has 1 aliphatic rings. The molecule has 1 saturated heterocycles. The molecule has 3 aromatic heterocycles. The summed E-state index contributed by atoms with van der Waals surface area (Å²) in [5, 5.41) is 12.3. The molecule has 136 valence electrons. The Hall–Kier alpha value is -2.97. The molecule has 4 heterocycles. The molecule has 1 fully saturated rings. The maximum Gasteiger partial charge on any atom is 0.318 e. The second kappa shape index (κ2) is 6.08. The van der Waals surface area contributed by atoms with Crippen LogP contribution in [0.25, 0.3) is 5.65 Å². The highest BCUT2D eigenvalue weighted by Gasteiger charge is 2.31. The molecule has 9 heteroatoms. The summed E-state index contributed by atoms with van der Waals surface area (Å²) in [5.41, 5.74) is 2.96. The Morgan fingerprint density at radius 2 is 2.04 bits per heavy atom. The van der Waals surface area contributed by atoms with Gasteiger partial charge in [0.05, 0.1) is 6.20 Å². The first-order chi connectivity index (χ1) is 12.4. The van der Waals surface area contributed by atoms with E-state index in [1.807, 2.05) is 36.6 Å². The minimum atomic E-state index is -0.0503. The first-order valence-corrected chi connectivity index (χ1v) is 8.62. The van der Waals surface area contributed by atoms with Gasteiger partial charge in [0.25, 0.3) is 5.91 Å². The monoisotopic (exact) mass is 355 g/mol. The first-order valence-electron chi connectivity index (χ1n) is 8.62. The number of hydrogen-bond donors (Lipinski definition) is 0. The van der Waals surface area contributed by atoms with E-state index in [-0.39, 0.29) is 11.9 Å². The molecule has 0 spiro atoms. The highest BCUT2D eigenvalue weighted by atomic mass is 16.4. The van der Waals surface area contributed by atoms with Crippen LogP contribution in [0.2, 0.25) is 0 Å². The normalized spacial score (nSPS) is 17.9. The van der Waals surface area contributed by atoms with Gasteiger partial charge in [-0.1, -0.05) is 5.10 Å². The average Bonchev–Trinajstić information content (AvgIpc) is 3.20. The predicted molar refractivity (Wildman–Crippen MR) is 94.2 cm³/mol.